The van der Waals surface area contributed by atoms with Crippen LogP contribution in [0.2, 0.25) is 0 Å². The number of hydrogen-bond acceptors (Lipinski definition) is 4. The fourth-order valence-electron chi connectivity index (χ4n) is 4.66. The lowest BCUT2D eigenvalue weighted by molar-refractivity contribution is -0.133. The van der Waals surface area contributed by atoms with Gasteiger partial charge in [-0.1, -0.05) is 26.0 Å². The van der Waals surface area contributed by atoms with Crippen molar-refractivity contribution in [3.8, 4) is 0 Å². The molecule has 1 fully saturated rings. The van der Waals surface area contributed by atoms with Gasteiger partial charge < -0.3 is 14.0 Å². The van der Waals surface area contributed by atoms with Gasteiger partial charge in [-0.15, -0.1) is 0 Å². The van der Waals surface area contributed by atoms with E-state index in [0.29, 0.717) is 11.3 Å². The quantitative estimate of drug-likeness (QED) is 0.578. The van der Waals surface area contributed by atoms with Crippen LogP contribution in [0.15, 0.2) is 47.9 Å². The van der Waals surface area contributed by atoms with Crippen molar-refractivity contribution in [2.75, 3.05) is 6.54 Å². The smallest absolute Gasteiger partial charge is 0.223 e. The van der Waals surface area contributed by atoms with Crippen LogP contribution < -0.4 is 0 Å². The van der Waals surface area contributed by atoms with Gasteiger partial charge in [0, 0.05) is 41.8 Å². The number of imidazole rings is 1. The standard InChI is InChI=1S/C22H31N3O3S/c1-4-19(24-13-11-23-16-24)15-22(3,25-12-5-6-21(25)26)14-17(2)18-7-9-20(10-8-18)29(27)28/h7-11,13,16-17,19H,4-6,12,14-15H2,1-3H3,(H,27,28)/p-1. The van der Waals surface area contributed by atoms with E-state index >= 15 is 0 Å². The molecule has 0 aliphatic carbocycles. The van der Waals surface area contributed by atoms with Crippen LogP contribution >= 0.6 is 0 Å². The maximum Gasteiger partial charge on any atom is 0.223 e. The van der Waals surface area contributed by atoms with Gasteiger partial charge in [-0.3, -0.25) is 9.00 Å². The van der Waals surface area contributed by atoms with Crippen molar-refractivity contribution in [1.29, 1.82) is 0 Å². The molecule has 0 N–H and O–H groups in total. The second-order valence-corrected chi connectivity index (χ2v) is 9.27. The second-order valence-electron chi connectivity index (χ2n) is 8.33. The second kappa shape index (κ2) is 9.22. The lowest BCUT2D eigenvalue weighted by Crippen LogP contribution is -2.49. The average Bonchev–Trinajstić information content (AvgIpc) is 3.38. The van der Waals surface area contributed by atoms with E-state index in [-0.39, 0.29) is 23.4 Å². The maximum atomic E-state index is 12.7. The lowest BCUT2D eigenvalue weighted by Gasteiger charge is -2.43. The fraction of sp³-hybridized carbons (Fsp3) is 0.545. The van der Waals surface area contributed by atoms with Gasteiger partial charge in [-0.2, -0.15) is 0 Å². The van der Waals surface area contributed by atoms with Crippen molar-refractivity contribution < 1.29 is 13.6 Å². The zero-order chi connectivity index (χ0) is 21.0. The highest BCUT2D eigenvalue weighted by Gasteiger charge is 2.40. The molecular weight excluding hydrogens is 386 g/mol. The highest BCUT2D eigenvalue weighted by molar-refractivity contribution is 7.79. The number of benzene rings is 1. The van der Waals surface area contributed by atoms with Crippen LogP contribution in [0.1, 0.15) is 70.4 Å². The summed E-state index contributed by atoms with van der Waals surface area (Å²) < 4.78 is 24.4. The summed E-state index contributed by atoms with van der Waals surface area (Å²) in [6.45, 7) is 7.33. The van der Waals surface area contributed by atoms with E-state index in [2.05, 4.69) is 35.2 Å². The first kappa shape index (κ1) is 21.7. The van der Waals surface area contributed by atoms with Gasteiger partial charge in [-0.05, 0) is 67.3 Å². The lowest BCUT2D eigenvalue weighted by atomic mass is 9.80. The van der Waals surface area contributed by atoms with Crippen LogP contribution in [-0.4, -0.2) is 41.2 Å². The molecule has 0 radical (unpaired) electrons. The topological polar surface area (TPSA) is 78.3 Å². The van der Waals surface area contributed by atoms with Crippen LogP contribution in [-0.2, 0) is 15.9 Å². The van der Waals surface area contributed by atoms with Gasteiger partial charge in [0.1, 0.15) is 0 Å². The van der Waals surface area contributed by atoms with E-state index in [4.69, 9.17) is 0 Å². The number of likely N-dealkylation sites (tertiary alicyclic amines) is 1. The normalized spacial score (nSPS) is 19.7. The van der Waals surface area contributed by atoms with E-state index < -0.39 is 11.1 Å². The number of hydrogen-bond donors (Lipinski definition) is 0. The molecule has 3 rings (SSSR count). The predicted octanol–water partition coefficient (Wildman–Crippen LogP) is 4.04. The van der Waals surface area contributed by atoms with Crippen LogP contribution in [0.5, 0.6) is 0 Å². The summed E-state index contributed by atoms with van der Waals surface area (Å²) in [7, 11) is 0. The van der Waals surface area contributed by atoms with Gasteiger partial charge in [0.2, 0.25) is 5.91 Å². The van der Waals surface area contributed by atoms with Gasteiger partial charge in [0.05, 0.1) is 6.33 Å². The van der Waals surface area contributed by atoms with E-state index in [0.717, 1.165) is 37.8 Å². The number of rotatable bonds is 9. The Balaban J connectivity index is 1.84. The third-order valence-corrected chi connectivity index (χ3v) is 6.86. The monoisotopic (exact) mass is 416 g/mol. The Hall–Kier alpha value is -1.99. The van der Waals surface area contributed by atoms with Crippen LogP contribution in [0, 0.1) is 0 Å². The summed E-state index contributed by atoms with van der Waals surface area (Å²) >= 11 is -2.21. The molecule has 1 aromatic heterocycles. The summed E-state index contributed by atoms with van der Waals surface area (Å²) in [6.07, 6.45) is 9.82. The highest BCUT2D eigenvalue weighted by atomic mass is 32.2. The van der Waals surface area contributed by atoms with E-state index in [1.54, 1.807) is 18.3 Å². The average molecular weight is 417 g/mol. The third kappa shape index (κ3) is 4.95. The van der Waals surface area contributed by atoms with E-state index in [1.807, 2.05) is 24.7 Å². The number of nitrogens with zero attached hydrogens (tertiary/aromatic N) is 3. The third-order valence-electron chi connectivity index (χ3n) is 6.21. The summed E-state index contributed by atoms with van der Waals surface area (Å²) in [5.74, 6) is 0.431. The first-order valence-electron chi connectivity index (χ1n) is 10.3. The Morgan fingerprint density at radius 2 is 2.00 bits per heavy atom. The molecule has 29 heavy (non-hydrogen) atoms. The number of aromatic nitrogens is 2. The molecule has 2 aromatic rings. The number of carbonyl (C=O) groups is 1. The van der Waals surface area contributed by atoms with E-state index in [1.165, 1.54) is 0 Å². The molecule has 1 saturated heterocycles. The Morgan fingerprint density at radius 3 is 2.52 bits per heavy atom. The molecule has 7 heteroatoms. The molecule has 6 nitrogen and oxygen atoms in total. The van der Waals surface area contributed by atoms with Crippen molar-refractivity contribution in [3.05, 3.63) is 48.5 Å². The predicted molar refractivity (Wildman–Crippen MR) is 112 cm³/mol. The van der Waals surface area contributed by atoms with Crippen molar-refractivity contribution >= 4 is 17.0 Å². The number of amides is 1. The minimum Gasteiger partial charge on any atom is -0.768 e. The molecule has 1 aliphatic rings. The zero-order valence-electron chi connectivity index (χ0n) is 17.4. The first-order valence-corrected chi connectivity index (χ1v) is 11.4. The Bertz CT molecular complexity index is 837. The molecule has 1 aromatic carbocycles. The van der Waals surface area contributed by atoms with Crippen molar-refractivity contribution in [1.82, 2.24) is 14.5 Å². The number of carbonyl (C=O) groups excluding carboxylic acids is 1. The molecular formula is C22H30N3O3S-. The molecule has 1 aliphatic heterocycles. The Morgan fingerprint density at radius 1 is 1.28 bits per heavy atom. The van der Waals surface area contributed by atoms with Gasteiger partial charge >= 0.3 is 0 Å². The summed E-state index contributed by atoms with van der Waals surface area (Å²) in [5, 5.41) is 0. The molecule has 0 bridgehead atoms. The minimum absolute atomic E-state index is 0.197. The molecule has 158 valence electrons. The fourth-order valence-corrected chi connectivity index (χ4v) is 5.02. The first-order chi connectivity index (χ1) is 13.8. The van der Waals surface area contributed by atoms with Crippen molar-refractivity contribution in [2.45, 2.75) is 75.3 Å². The molecule has 4 atom stereocenters. The molecule has 0 saturated carbocycles. The van der Waals surface area contributed by atoms with Gasteiger partial charge in [-0.25, -0.2) is 4.98 Å². The van der Waals surface area contributed by atoms with Crippen LogP contribution in [0.3, 0.4) is 0 Å². The maximum absolute atomic E-state index is 12.7. The van der Waals surface area contributed by atoms with Crippen molar-refractivity contribution in [3.63, 3.8) is 0 Å². The molecule has 1 amide bonds. The minimum atomic E-state index is -2.21. The van der Waals surface area contributed by atoms with Gasteiger partial charge in [0.25, 0.3) is 0 Å². The van der Waals surface area contributed by atoms with Crippen molar-refractivity contribution in [2.24, 2.45) is 0 Å². The Labute approximate surface area is 175 Å². The summed E-state index contributed by atoms with van der Waals surface area (Å²) in [5.41, 5.74) is 0.811. The zero-order valence-corrected chi connectivity index (χ0v) is 18.2. The highest BCUT2D eigenvalue weighted by Crippen LogP contribution is 2.39. The van der Waals surface area contributed by atoms with Crippen LogP contribution in [0.25, 0.3) is 0 Å². The largest absolute Gasteiger partial charge is 0.768 e. The SMILES string of the molecule is CCC(CC(C)(CC(C)c1ccc(S(=O)[O-])cc1)N1CCCC1=O)n1ccnc1. The van der Waals surface area contributed by atoms with Gasteiger partial charge in [0.15, 0.2) is 0 Å². The molecule has 2 heterocycles. The summed E-state index contributed by atoms with van der Waals surface area (Å²) in [6, 6.07) is 7.33. The van der Waals surface area contributed by atoms with E-state index in [9.17, 15) is 13.6 Å². The van der Waals surface area contributed by atoms with Crippen LogP contribution in [0.4, 0.5) is 0 Å². The molecule has 4 unspecified atom stereocenters. The Kier molecular flexibility index (Phi) is 6.90. The molecule has 0 spiro atoms. The summed E-state index contributed by atoms with van der Waals surface area (Å²) in [4.78, 5) is 19.2.